The van der Waals surface area contributed by atoms with Crippen LogP contribution in [0.2, 0.25) is 5.02 Å². The van der Waals surface area contributed by atoms with E-state index >= 15 is 0 Å². The monoisotopic (exact) mass is 495 g/mol. The van der Waals surface area contributed by atoms with Gasteiger partial charge in [0.05, 0.1) is 31.3 Å². The number of pyridine rings is 1. The third-order valence-electron chi connectivity index (χ3n) is 5.07. The summed E-state index contributed by atoms with van der Waals surface area (Å²) in [6.45, 7) is 1.94. The van der Waals surface area contributed by atoms with Crippen LogP contribution in [0.3, 0.4) is 0 Å². The van der Waals surface area contributed by atoms with Crippen LogP contribution < -0.4 is 14.8 Å². The van der Waals surface area contributed by atoms with Gasteiger partial charge in [-0.05, 0) is 48.9 Å². The molecule has 0 bridgehead atoms. The van der Waals surface area contributed by atoms with Crippen LogP contribution in [-0.2, 0) is 4.79 Å². The predicted octanol–water partition coefficient (Wildman–Crippen LogP) is 5.04. The standard InChI is InChI=1S/C24H22ClN5O3S/c1-15-18(25)5-4-6-20(15)30-23(16-9-11-26-12-10-16)28-29-24(30)34-14-22(31)27-19-8-7-17(32-2)13-21(19)33-3/h4-13H,14H2,1-3H3,(H,27,31). The van der Waals surface area contributed by atoms with Gasteiger partial charge in [-0.2, -0.15) is 0 Å². The van der Waals surface area contributed by atoms with Crippen LogP contribution in [0.4, 0.5) is 5.69 Å². The Morgan fingerprint density at radius 1 is 1.09 bits per heavy atom. The topological polar surface area (TPSA) is 91.2 Å². The van der Waals surface area contributed by atoms with Gasteiger partial charge in [0.25, 0.3) is 0 Å². The number of rotatable bonds is 8. The average Bonchev–Trinajstić information content (AvgIpc) is 3.29. The van der Waals surface area contributed by atoms with Crippen LogP contribution in [0.15, 0.2) is 66.1 Å². The van der Waals surface area contributed by atoms with Crippen molar-refractivity contribution in [1.82, 2.24) is 19.7 Å². The molecule has 2 heterocycles. The molecular weight excluding hydrogens is 474 g/mol. The minimum absolute atomic E-state index is 0.114. The van der Waals surface area contributed by atoms with E-state index in [2.05, 4.69) is 20.5 Å². The minimum Gasteiger partial charge on any atom is -0.497 e. The van der Waals surface area contributed by atoms with Gasteiger partial charge >= 0.3 is 0 Å². The molecule has 4 rings (SSSR count). The van der Waals surface area contributed by atoms with Gasteiger partial charge in [-0.3, -0.25) is 14.3 Å². The van der Waals surface area contributed by atoms with Gasteiger partial charge in [0, 0.05) is 29.0 Å². The largest absolute Gasteiger partial charge is 0.497 e. The van der Waals surface area contributed by atoms with Crippen molar-refractivity contribution in [3.05, 3.63) is 71.5 Å². The molecule has 0 atom stereocenters. The summed E-state index contributed by atoms with van der Waals surface area (Å²) < 4.78 is 12.5. The fraction of sp³-hybridized carbons (Fsp3) is 0.167. The molecule has 0 aliphatic carbocycles. The second-order valence-corrected chi connectivity index (χ2v) is 8.51. The molecule has 0 unspecified atom stereocenters. The average molecular weight is 496 g/mol. The van der Waals surface area contributed by atoms with Gasteiger partial charge in [0.15, 0.2) is 11.0 Å². The van der Waals surface area contributed by atoms with Crippen LogP contribution >= 0.6 is 23.4 Å². The summed E-state index contributed by atoms with van der Waals surface area (Å²) in [7, 11) is 3.11. The number of halogens is 1. The smallest absolute Gasteiger partial charge is 0.234 e. The van der Waals surface area contributed by atoms with Crippen molar-refractivity contribution in [3.63, 3.8) is 0 Å². The molecule has 8 nitrogen and oxygen atoms in total. The molecule has 0 saturated heterocycles. The molecule has 174 valence electrons. The molecule has 34 heavy (non-hydrogen) atoms. The first-order chi connectivity index (χ1) is 16.5. The highest BCUT2D eigenvalue weighted by molar-refractivity contribution is 7.99. The molecule has 4 aromatic rings. The molecule has 10 heteroatoms. The van der Waals surface area contributed by atoms with Crippen LogP contribution in [0.25, 0.3) is 17.1 Å². The summed E-state index contributed by atoms with van der Waals surface area (Å²) in [5.74, 6) is 1.68. The van der Waals surface area contributed by atoms with E-state index in [1.165, 1.54) is 18.9 Å². The Morgan fingerprint density at radius 2 is 1.88 bits per heavy atom. The number of anilines is 1. The minimum atomic E-state index is -0.212. The number of nitrogens with zero attached hydrogens (tertiary/aromatic N) is 4. The van der Waals surface area contributed by atoms with E-state index in [0.717, 1.165) is 16.8 Å². The fourth-order valence-electron chi connectivity index (χ4n) is 3.33. The number of carbonyl (C=O) groups is 1. The molecule has 0 radical (unpaired) electrons. The van der Waals surface area contributed by atoms with E-state index in [9.17, 15) is 4.79 Å². The third-order valence-corrected chi connectivity index (χ3v) is 6.41. The molecule has 2 aromatic carbocycles. The Balaban J connectivity index is 1.61. The maximum absolute atomic E-state index is 12.7. The van der Waals surface area contributed by atoms with Gasteiger partial charge in [-0.25, -0.2) is 0 Å². The zero-order chi connectivity index (χ0) is 24.1. The summed E-state index contributed by atoms with van der Waals surface area (Å²) in [6.07, 6.45) is 3.39. The Morgan fingerprint density at radius 3 is 2.62 bits per heavy atom. The quantitative estimate of drug-likeness (QED) is 0.342. The normalized spacial score (nSPS) is 10.7. The molecule has 0 aliphatic heterocycles. The van der Waals surface area contributed by atoms with E-state index in [-0.39, 0.29) is 11.7 Å². The van der Waals surface area contributed by atoms with E-state index in [1.54, 1.807) is 37.7 Å². The SMILES string of the molecule is COc1ccc(NC(=O)CSc2nnc(-c3ccncc3)n2-c2cccc(Cl)c2C)c(OC)c1. The Labute approximate surface area is 206 Å². The number of hydrogen-bond acceptors (Lipinski definition) is 7. The highest BCUT2D eigenvalue weighted by atomic mass is 35.5. The van der Waals surface area contributed by atoms with Gasteiger partial charge in [-0.15, -0.1) is 10.2 Å². The van der Waals surface area contributed by atoms with Gasteiger partial charge < -0.3 is 14.8 Å². The first-order valence-corrected chi connectivity index (χ1v) is 11.6. The van der Waals surface area contributed by atoms with Crippen molar-refractivity contribution in [2.45, 2.75) is 12.1 Å². The Bertz CT molecular complexity index is 1310. The highest BCUT2D eigenvalue weighted by Crippen LogP contribution is 2.32. The van der Waals surface area contributed by atoms with Crippen molar-refractivity contribution in [3.8, 4) is 28.6 Å². The summed E-state index contributed by atoms with van der Waals surface area (Å²) in [6, 6.07) is 14.6. The zero-order valence-electron chi connectivity index (χ0n) is 18.8. The number of methoxy groups -OCH3 is 2. The molecule has 0 spiro atoms. The maximum atomic E-state index is 12.7. The lowest BCUT2D eigenvalue weighted by atomic mass is 10.2. The lowest BCUT2D eigenvalue weighted by Gasteiger charge is -2.14. The molecule has 0 aliphatic rings. The Hall–Kier alpha value is -3.56. The second kappa shape index (κ2) is 10.6. The first kappa shape index (κ1) is 23.6. The van der Waals surface area contributed by atoms with Gasteiger partial charge in [-0.1, -0.05) is 29.4 Å². The molecule has 0 saturated carbocycles. The third kappa shape index (κ3) is 5.00. The maximum Gasteiger partial charge on any atom is 0.234 e. The lowest BCUT2D eigenvalue weighted by molar-refractivity contribution is -0.113. The molecule has 1 N–H and O–H groups in total. The predicted molar refractivity (Wildman–Crippen MR) is 133 cm³/mol. The van der Waals surface area contributed by atoms with E-state index in [4.69, 9.17) is 21.1 Å². The van der Waals surface area contributed by atoms with Crippen LogP contribution in [-0.4, -0.2) is 45.6 Å². The van der Waals surface area contributed by atoms with Crippen molar-refractivity contribution in [2.75, 3.05) is 25.3 Å². The fourth-order valence-corrected chi connectivity index (χ4v) is 4.24. The molecule has 2 aromatic heterocycles. The molecule has 1 amide bonds. The first-order valence-electron chi connectivity index (χ1n) is 10.3. The zero-order valence-corrected chi connectivity index (χ0v) is 20.4. The van der Waals surface area contributed by atoms with Gasteiger partial charge in [0.2, 0.25) is 5.91 Å². The van der Waals surface area contributed by atoms with Crippen molar-refractivity contribution in [1.29, 1.82) is 0 Å². The number of carbonyl (C=O) groups excluding carboxylic acids is 1. The van der Waals surface area contributed by atoms with Crippen molar-refractivity contribution >= 4 is 35.0 Å². The van der Waals surface area contributed by atoms with Crippen molar-refractivity contribution < 1.29 is 14.3 Å². The van der Waals surface area contributed by atoms with E-state index < -0.39 is 0 Å². The summed E-state index contributed by atoms with van der Waals surface area (Å²) in [5.41, 5.74) is 3.12. The lowest BCUT2D eigenvalue weighted by Crippen LogP contribution is -2.15. The Kier molecular flexibility index (Phi) is 7.34. The summed E-state index contributed by atoms with van der Waals surface area (Å²) in [4.78, 5) is 16.8. The van der Waals surface area contributed by atoms with E-state index in [1.807, 2.05) is 41.8 Å². The van der Waals surface area contributed by atoms with E-state index in [0.29, 0.717) is 33.2 Å². The number of aromatic nitrogens is 4. The number of thioether (sulfide) groups is 1. The summed E-state index contributed by atoms with van der Waals surface area (Å²) in [5, 5.41) is 12.8. The number of nitrogens with one attached hydrogen (secondary N) is 1. The van der Waals surface area contributed by atoms with Gasteiger partial charge in [0.1, 0.15) is 11.5 Å². The number of hydrogen-bond donors (Lipinski definition) is 1. The van der Waals surface area contributed by atoms with Crippen LogP contribution in [0.5, 0.6) is 11.5 Å². The number of amides is 1. The molecular formula is C24H22ClN5O3S. The number of ether oxygens (including phenoxy) is 2. The molecule has 0 fully saturated rings. The van der Waals surface area contributed by atoms with Crippen LogP contribution in [0.1, 0.15) is 5.56 Å². The van der Waals surface area contributed by atoms with Crippen LogP contribution in [0, 0.1) is 6.92 Å². The van der Waals surface area contributed by atoms with Crippen molar-refractivity contribution in [2.24, 2.45) is 0 Å². The number of benzene rings is 2. The summed E-state index contributed by atoms with van der Waals surface area (Å²) >= 11 is 7.67. The second-order valence-electron chi connectivity index (χ2n) is 7.16. The highest BCUT2D eigenvalue weighted by Gasteiger charge is 2.19.